The number of carbonyl (C=O) groups excluding carboxylic acids is 1. The molecule has 2 aliphatic rings. The van der Waals surface area contributed by atoms with Gasteiger partial charge in [-0.15, -0.1) is 0 Å². The van der Waals surface area contributed by atoms with Crippen molar-refractivity contribution in [2.45, 2.75) is 44.9 Å². The minimum atomic E-state index is -3.01. The molecule has 3 atom stereocenters. The maximum absolute atomic E-state index is 11.9. The van der Waals surface area contributed by atoms with Crippen LogP contribution in [0.4, 0.5) is 0 Å². The summed E-state index contributed by atoms with van der Waals surface area (Å²) in [6, 6.07) is -0.331. The molecule has 0 aromatic heterocycles. The van der Waals surface area contributed by atoms with E-state index in [1.165, 1.54) is 0 Å². The summed E-state index contributed by atoms with van der Waals surface area (Å²) in [7, 11) is -3.01. The highest BCUT2D eigenvalue weighted by molar-refractivity contribution is 7.91. The van der Waals surface area contributed by atoms with Crippen LogP contribution in [0.1, 0.15) is 26.7 Å². The van der Waals surface area contributed by atoms with Crippen LogP contribution in [-0.4, -0.2) is 55.7 Å². The second-order valence-corrected chi connectivity index (χ2v) is 8.39. The van der Waals surface area contributed by atoms with E-state index in [-0.39, 0.29) is 47.4 Å². The van der Waals surface area contributed by atoms with Crippen LogP contribution in [0.15, 0.2) is 0 Å². The van der Waals surface area contributed by atoms with Gasteiger partial charge in [0.2, 0.25) is 5.91 Å². The van der Waals surface area contributed by atoms with Crippen molar-refractivity contribution >= 4 is 15.7 Å². The van der Waals surface area contributed by atoms with Crippen molar-refractivity contribution in [2.24, 2.45) is 5.41 Å². The van der Waals surface area contributed by atoms with Gasteiger partial charge >= 0.3 is 0 Å². The fourth-order valence-electron chi connectivity index (χ4n) is 2.62. The van der Waals surface area contributed by atoms with E-state index in [4.69, 9.17) is 0 Å². The first-order valence-electron chi connectivity index (χ1n) is 6.62. The molecule has 0 radical (unpaired) electrons. The quantitative estimate of drug-likeness (QED) is 0.622. The number of hydrogen-bond acceptors (Lipinski definition) is 5. The summed E-state index contributed by atoms with van der Waals surface area (Å²) in [4.78, 5) is 11.9. The van der Waals surface area contributed by atoms with E-state index in [0.29, 0.717) is 13.0 Å². The molecule has 1 saturated carbocycles. The summed E-state index contributed by atoms with van der Waals surface area (Å²) in [6.45, 7) is 4.23. The monoisotopic (exact) mass is 290 g/mol. The number of nitrogens with one attached hydrogen (secondary N) is 2. The molecule has 1 saturated heterocycles. The van der Waals surface area contributed by atoms with E-state index in [9.17, 15) is 18.3 Å². The zero-order chi connectivity index (χ0) is 14.3. The van der Waals surface area contributed by atoms with Crippen LogP contribution in [0, 0.1) is 5.41 Å². The molecule has 3 unspecified atom stereocenters. The normalized spacial score (nSPS) is 36.3. The van der Waals surface area contributed by atoms with Crippen LogP contribution in [0.3, 0.4) is 0 Å². The van der Waals surface area contributed by atoms with Gasteiger partial charge in [0, 0.05) is 30.5 Å². The van der Waals surface area contributed by atoms with Crippen molar-refractivity contribution in [3.05, 3.63) is 0 Å². The summed E-state index contributed by atoms with van der Waals surface area (Å²) in [5, 5.41) is 15.5. The standard InChI is InChI=1S/C12H22N2O4S/c1-12(2)9(6-10(12)15)14-11(16)5-8-7-19(17,18)4-3-13-8/h8-10,13,15H,3-7H2,1-2H3,(H,14,16). The fraction of sp³-hybridized carbons (Fsp3) is 0.917. The van der Waals surface area contributed by atoms with Crippen LogP contribution < -0.4 is 10.6 Å². The molecule has 110 valence electrons. The van der Waals surface area contributed by atoms with E-state index < -0.39 is 9.84 Å². The second kappa shape index (κ2) is 5.03. The first-order valence-corrected chi connectivity index (χ1v) is 8.44. The third kappa shape index (κ3) is 3.27. The predicted octanol–water partition coefficient (Wildman–Crippen LogP) is -0.961. The smallest absolute Gasteiger partial charge is 0.221 e. The molecule has 0 aromatic carbocycles. The molecule has 1 aliphatic carbocycles. The highest BCUT2D eigenvalue weighted by Gasteiger charge is 2.48. The predicted molar refractivity (Wildman–Crippen MR) is 71.4 cm³/mol. The van der Waals surface area contributed by atoms with Crippen LogP contribution in [0.2, 0.25) is 0 Å². The second-order valence-electron chi connectivity index (χ2n) is 6.16. The first-order chi connectivity index (χ1) is 8.71. The third-order valence-electron chi connectivity index (χ3n) is 4.28. The zero-order valence-electron chi connectivity index (χ0n) is 11.3. The average molecular weight is 290 g/mol. The van der Waals surface area contributed by atoms with Crippen LogP contribution in [-0.2, 0) is 14.6 Å². The van der Waals surface area contributed by atoms with Gasteiger partial charge in [0.15, 0.2) is 9.84 Å². The van der Waals surface area contributed by atoms with Crippen molar-refractivity contribution in [2.75, 3.05) is 18.1 Å². The molecule has 19 heavy (non-hydrogen) atoms. The maximum Gasteiger partial charge on any atom is 0.221 e. The van der Waals surface area contributed by atoms with Gasteiger partial charge < -0.3 is 15.7 Å². The Bertz CT molecular complexity index is 460. The summed E-state index contributed by atoms with van der Waals surface area (Å²) in [5.74, 6) is 0.0175. The molecule has 3 N–H and O–H groups in total. The number of hydrogen-bond donors (Lipinski definition) is 3. The fourth-order valence-corrected chi connectivity index (χ4v) is 4.07. The molecule has 2 rings (SSSR count). The molecule has 7 heteroatoms. The summed E-state index contributed by atoms with van der Waals surface area (Å²) >= 11 is 0. The Balaban J connectivity index is 1.82. The number of amides is 1. The van der Waals surface area contributed by atoms with E-state index in [1.807, 2.05) is 13.8 Å². The van der Waals surface area contributed by atoms with E-state index in [0.717, 1.165) is 0 Å². The molecule has 2 fully saturated rings. The molecular weight excluding hydrogens is 268 g/mol. The first kappa shape index (κ1) is 14.7. The lowest BCUT2D eigenvalue weighted by molar-refractivity contribution is -0.129. The molecule has 6 nitrogen and oxygen atoms in total. The molecule has 0 aromatic rings. The Kier molecular flexibility index (Phi) is 3.90. The van der Waals surface area contributed by atoms with Gasteiger partial charge in [0.05, 0.1) is 17.6 Å². The lowest BCUT2D eigenvalue weighted by atomic mass is 9.64. The lowest BCUT2D eigenvalue weighted by Crippen LogP contribution is -2.61. The molecule has 0 bridgehead atoms. The number of rotatable bonds is 3. The SMILES string of the molecule is CC1(C)C(O)CC1NC(=O)CC1CS(=O)(=O)CCN1. The Morgan fingerprint density at radius 3 is 2.68 bits per heavy atom. The van der Waals surface area contributed by atoms with Gasteiger partial charge in [-0.1, -0.05) is 13.8 Å². The van der Waals surface area contributed by atoms with Crippen molar-refractivity contribution in [3.63, 3.8) is 0 Å². The number of sulfone groups is 1. The molecular formula is C12H22N2O4S. The summed E-state index contributed by atoms with van der Waals surface area (Å²) < 4.78 is 22.9. The maximum atomic E-state index is 11.9. The van der Waals surface area contributed by atoms with E-state index in [1.54, 1.807) is 0 Å². The minimum absolute atomic E-state index is 0.0249. The minimum Gasteiger partial charge on any atom is -0.392 e. The molecule has 1 heterocycles. The topological polar surface area (TPSA) is 95.5 Å². The lowest BCUT2D eigenvalue weighted by Gasteiger charge is -2.49. The summed E-state index contributed by atoms with van der Waals surface area (Å²) in [6.07, 6.45) is 0.350. The molecule has 1 aliphatic heterocycles. The van der Waals surface area contributed by atoms with E-state index >= 15 is 0 Å². The van der Waals surface area contributed by atoms with Gasteiger partial charge in [0.1, 0.15) is 0 Å². The van der Waals surface area contributed by atoms with E-state index in [2.05, 4.69) is 10.6 Å². The van der Waals surface area contributed by atoms with Crippen molar-refractivity contribution in [1.82, 2.24) is 10.6 Å². The van der Waals surface area contributed by atoms with Crippen LogP contribution in [0.25, 0.3) is 0 Å². The number of aliphatic hydroxyl groups excluding tert-OH is 1. The Labute approximate surface area is 113 Å². The van der Waals surface area contributed by atoms with Gasteiger partial charge in [-0.3, -0.25) is 4.79 Å². The number of carbonyl (C=O) groups is 1. The average Bonchev–Trinajstić information content (AvgIpc) is 2.27. The van der Waals surface area contributed by atoms with Crippen LogP contribution in [0.5, 0.6) is 0 Å². The zero-order valence-corrected chi connectivity index (χ0v) is 12.2. The molecule has 0 spiro atoms. The van der Waals surface area contributed by atoms with Crippen molar-refractivity contribution in [1.29, 1.82) is 0 Å². The van der Waals surface area contributed by atoms with Crippen molar-refractivity contribution in [3.8, 4) is 0 Å². The Morgan fingerprint density at radius 1 is 1.47 bits per heavy atom. The van der Waals surface area contributed by atoms with Gasteiger partial charge in [-0.25, -0.2) is 8.42 Å². The Hall–Kier alpha value is -0.660. The number of aliphatic hydroxyl groups is 1. The van der Waals surface area contributed by atoms with Gasteiger partial charge in [-0.2, -0.15) is 0 Å². The van der Waals surface area contributed by atoms with Crippen LogP contribution >= 0.6 is 0 Å². The largest absolute Gasteiger partial charge is 0.392 e. The molecule has 1 amide bonds. The summed E-state index contributed by atoms with van der Waals surface area (Å²) in [5.41, 5.74) is -0.304. The highest BCUT2D eigenvalue weighted by atomic mass is 32.2. The van der Waals surface area contributed by atoms with Crippen molar-refractivity contribution < 1.29 is 18.3 Å². The third-order valence-corrected chi connectivity index (χ3v) is 6.02. The Morgan fingerprint density at radius 2 is 2.16 bits per heavy atom. The highest BCUT2D eigenvalue weighted by Crippen LogP contribution is 2.40. The van der Waals surface area contributed by atoms with Gasteiger partial charge in [-0.05, 0) is 6.42 Å². The van der Waals surface area contributed by atoms with Gasteiger partial charge in [0.25, 0.3) is 0 Å².